The molecule has 0 radical (unpaired) electrons. The summed E-state index contributed by atoms with van der Waals surface area (Å²) in [5.41, 5.74) is 7.21. The van der Waals surface area contributed by atoms with Crippen molar-refractivity contribution in [1.29, 1.82) is 0 Å². The van der Waals surface area contributed by atoms with E-state index in [-0.39, 0.29) is 6.04 Å². The molecule has 2 atom stereocenters. The second kappa shape index (κ2) is 6.29. The third kappa shape index (κ3) is 4.07. The molecule has 20 heavy (non-hydrogen) atoms. The van der Waals surface area contributed by atoms with Gasteiger partial charge in [0.15, 0.2) is 0 Å². The average molecular weight is 293 g/mol. The van der Waals surface area contributed by atoms with Gasteiger partial charge >= 0.3 is 0 Å². The van der Waals surface area contributed by atoms with E-state index in [1.807, 2.05) is 24.3 Å². The molecule has 0 unspecified atom stereocenters. The Kier molecular flexibility index (Phi) is 4.89. The Morgan fingerprint density at radius 1 is 1.15 bits per heavy atom. The quantitative estimate of drug-likeness (QED) is 0.818. The second-order valence-corrected chi connectivity index (χ2v) is 11.3. The molecule has 1 aliphatic rings. The number of hydrogen-bond donors (Lipinski definition) is 2. The minimum absolute atomic E-state index is 0.293. The zero-order valence-electron chi connectivity index (χ0n) is 12.8. The van der Waals surface area contributed by atoms with E-state index in [1.54, 1.807) is 0 Å². The van der Waals surface area contributed by atoms with Crippen LogP contribution in [0.15, 0.2) is 24.3 Å². The first-order chi connectivity index (χ1) is 9.37. The maximum absolute atomic E-state index is 10.4. The highest BCUT2D eigenvalue weighted by Crippen LogP contribution is 2.33. The predicted molar refractivity (Wildman–Crippen MR) is 85.3 cm³/mol. The van der Waals surface area contributed by atoms with E-state index in [0.29, 0.717) is 5.92 Å². The van der Waals surface area contributed by atoms with Crippen LogP contribution in [0.2, 0.25) is 19.6 Å². The number of rotatable bonds is 5. The van der Waals surface area contributed by atoms with Crippen LogP contribution < -0.4 is 10.2 Å². The van der Waals surface area contributed by atoms with Crippen LogP contribution in [-0.2, 0) is 0 Å². The highest BCUT2D eigenvalue weighted by Gasteiger charge is 2.28. The fourth-order valence-electron chi connectivity index (χ4n) is 2.90. The van der Waals surface area contributed by atoms with E-state index in [1.165, 1.54) is 12.8 Å². The zero-order valence-corrected chi connectivity index (χ0v) is 13.8. The van der Waals surface area contributed by atoms with Crippen molar-refractivity contribution in [2.45, 2.75) is 57.5 Å². The topological polar surface area (TPSA) is 55.5 Å². The Labute approximate surface area is 123 Å². The second-order valence-electron chi connectivity index (χ2n) is 6.84. The summed E-state index contributed by atoms with van der Waals surface area (Å²) in [4.78, 5) is 0. The van der Waals surface area contributed by atoms with Gasteiger partial charge < -0.3 is 15.3 Å². The van der Waals surface area contributed by atoms with Gasteiger partial charge in [0.05, 0.1) is 12.1 Å². The number of hydrogen-bond acceptors (Lipinski definition) is 3. The molecule has 0 amide bonds. The molecule has 0 heterocycles. The summed E-state index contributed by atoms with van der Waals surface area (Å²) in [5.74, 6) is 1.26. The molecule has 0 aromatic heterocycles. The summed E-state index contributed by atoms with van der Waals surface area (Å²) in [6.07, 6.45) is 4.22. The number of aliphatic hydroxyl groups is 1. The van der Waals surface area contributed by atoms with E-state index in [2.05, 4.69) is 19.6 Å². The lowest BCUT2D eigenvalue weighted by molar-refractivity contribution is 0.0845. The van der Waals surface area contributed by atoms with Gasteiger partial charge in [-0.1, -0.05) is 25.0 Å². The summed E-state index contributed by atoms with van der Waals surface area (Å²) in [5, 5.41) is 10.4. The molecule has 3 N–H and O–H groups in total. The van der Waals surface area contributed by atoms with Crippen LogP contribution in [0.4, 0.5) is 0 Å². The largest absolute Gasteiger partial charge is 0.544 e. The van der Waals surface area contributed by atoms with Crippen LogP contribution in [0.5, 0.6) is 5.75 Å². The van der Waals surface area contributed by atoms with E-state index < -0.39 is 14.4 Å². The molecule has 3 nitrogen and oxygen atoms in total. The molecule has 0 aliphatic heterocycles. The Morgan fingerprint density at radius 3 is 2.20 bits per heavy atom. The van der Waals surface area contributed by atoms with Crippen LogP contribution in [0.1, 0.15) is 37.3 Å². The summed E-state index contributed by atoms with van der Waals surface area (Å²) in [6.45, 7) is 6.49. The van der Waals surface area contributed by atoms with Crippen molar-refractivity contribution in [1.82, 2.24) is 0 Å². The highest BCUT2D eigenvalue weighted by molar-refractivity contribution is 6.70. The van der Waals surface area contributed by atoms with Crippen molar-refractivity contribution in [2.75, 3.05) is 0 Å². The van der Waals surface area contributed by atoms with Gasteiger partial charge in [-0.2, -0.15) is 0 Å². The molecule has 1 aromatic carbocycles. The molecule has 4 heteroatoms. The van der Waals surface area contributed by atoms with Gasteiger partial charge in [-0.3, -0.25) is 0 Å². The standard InChI is InChI=1S/C16H27NO2Si/c1-20(2,3)19-14-10-8-12(9-11-14)15(17)16(18)13-6-4-5-7-13/h8-11,13,15-16,18H,4-7,17H2,1-3H3/t15-,16+/m1/s1. The lowest BCUT2D eigenvalue weighted by atomic mass is 9.91. The van der Waals surface area contributed by atoms with Crippen LogP contribution in [-0.4, -0.2) is 19.5 Å². The van der Waals surface area contributed by atoms with Gasteiger partial charge in [0.25, 0.3) is 0 Å². The van der Waals surface area contributed by atoms with E-state index in [4.69, 9.17) is 10.2 Å². The molecule has 0 spiro atoms. The van der Waals surface area contributed by atoms with Crippen molar-refractivity contribution in [2.24, 2.45) is 11.7 Å². The molecule has 1 aromatic rings. The molecular formula is C16H27NO2Si. The van der Waals surface area contributed by atoms with Crippen molar-refractivity contribution >= 4 is 8.32 Å². The molecule has 1 saturated carbocycles. The normalized spacial score (nSPS) is 19.9. The van der Waals surface area contributed by atoms with Crippen molar-refractivity contribution in [3.8, 4) is 5.75 Å². The van der Waals surface area contributed by atoms with Crippen molar-refractivity contribution in [3.63, 3.8) is 0 Å². The minimum atomic E-state index is -1.57. The van der Waals surface area contributed by atoms with Gasteiger partial charge in [-0.15, -0.1) is 0 Å². The molecule has 0 saturated heterocycles. The number of nitrogens with two attached hydrogens (primary N) is 1. The third-order valence-corrected chi connectivity index (χ3v) is 4.79. The first-order valence-electron chi connectivity index (χ1n) is 7.59. The number of aliphatic hydroxyl groups excluding tert-OH is 1. The molecular weight excluding hydrogens is 266 g/mol. The van der Waals surface area contributed by atoms with Crippen LogP contribution in [0.3, 0.4) is 0 Å². The van der Waals surface area contributed by atoms with Crippen molar-refractivity contribution < 1.29 is 9.53 Å². The third-order valence-electron chi connectivity index (χ3n) is 3.94. The summed E-state index contributed by atoms with van der Waals surface area (Å²) in [7, 11) is -1.57. The lowest BCUT2D eigenvalue weighted by Gasteiger charge is -2.25. The first kappa shape index (κ1) is 15.5. The Hall–Kier alpha value is -0.843. The summed E-state index contributed by atoms with van der Waals surface area (Å²) in [6, 6.07) is 7.61. The van der Waals surface area contributed by atoms with E-state index >= 15 is 0 Å². The van der Waals surface area contributed by atoms with E-state index in [9.17, 15) is 5.11 Å². The Bertz CT molecular complexity index is 421. The maximum Gasteiger partial charge on any atom is 0.242 e. The van der Waals surface area contributed by atoms with Gasteiger partial charge in [0, 0.05) is 0 Å². The molecule has 1 fully saturated rings. The molecule has 112 valence electrons. The lowest BCUT2D eigenvalue weighted by Crippen LogP contribution is -2.32. The fourth-order valence-corrected chi connectivity index (χ4v) is 3.74. The molecule has 0 bridgehead atoms. The Balaban J connectivity index is 2.01. The maximum atomic E-state index is 10.4. The summed E-state index contributed by atoms with van der Waals surface area (Å²) < 4.78 is 5.93. The zero-order chi connectivity index (χ0) is 14.8. The summed E-state index contributed by atoms with van der Waals surface area (Å²) >= 11 is 0. The minimum Gasteiger partial charge on any atom is -0.544 e. The van der Waals surface area contributed by atoms with Crippen molar-refractivity contribution in [3.05, 3.63) is 29.8 Å². The first-order valence-corrected chi connectivity index (χ1v) is 11.0. The monoisotopic (exact) mass is 293 g/mol. The Morgan fingerprint density at radius 2 is 1.70 bits per heavy atom. The molecule has 2 rings (SSSR count). The van der Waals surface area contributed by atoms with Crippen LogP contribution in [0.25, 0.3) is 0 Å². The SMILES string of the molecule is C[Si](C)(C)Oc1ccc([C@@H](N)[C@@H](O)C2CCCC2)cc1. The fraction of sp³-hybridized carbons (Fsp3) is 0.625. The number of benzene rings is 1. The van der Waals surface area contributed by atoms with Gasteiger partial charge in [0.1, 0.15) is 5.75 Å². The predicted octanol–water partition coefficient (Wildman–Crippen LogP) is 3.45. The average Bonchev–Trinajstić information content (AvgIpc) is 2.90. The van der Waals surface area contributed by atoms with E-state index in [0.717, 1.165) is 24.2 Å². The van der Waals surface area contributed by atoms with Crippen LogP contribution in [0, 0.1) is 5.92 Å². The van der Waals surface area contributed by atoms with Gasteiger partial charge in [0.2, 0.25) is 8.32 Å². The van der Waals surface area contributed by atoms with Crippen LogP contribution >= 0.6 is 0 Å². The molecule has 1 aliphatic carbocycles. The van der Waals surface area contributed by atoms with Gasteiger partial charge in [-0.05, 0) is 56.1 Å². The smallest absolute Gasteiger partial charge is 0.242 e. The highest BCUT2D eigenvalue weighted by atomic mass is 28.4. The van der Waals surface area contributed by atoms with Gasteiger partial charge in [-0.25, -0.2) is 0 Å².